The van der Waals surface area contributed by atoms with Crippen molar-refractivity contribution in [2.45, 2.75) is 56.3 Å². The molecule has 2 aromatic heterocycles. The van der Waals surface area contributed by atoms with E-state index in [2.05, 4.69) is 35.9 Å². The third-order valence-electron chi connectivity index (χ3n) is 5.48. The van der Waals surface area contributed by atoms with Gasteiger partial charge in [-0.3, -0.25) is 19.2 Å². The number of amides is 4. The number of carboxylic acid groups (broad SMARTS) is 1. The highest BCUT2D eigenvalue weighted by Crippen LogP contribution is 2.07. The van der Waals surface area contributed by atoms with Crippen LogP contribution in [-0.2, 0) is 36.8 Å². The van der Waals surface area contributed by atoms with Crippen molar-refractivity contribution >= 4 is 41.4 Å². The van der Waals surface area contributed by atoms with E-state index in [0.717, 1.165) is 0 Å². The number of nitrogens with one attached hydrogen (secondary N) is 5. The first-order valence-corrected chi connectivity index (χ1v) is 13.1. The maximum Gasteiger partial charge on any atom is 0.326 e. The van der Waals surface area contributed by atoms with Crippen molar-refractivity contribution in [1.82, 2.24) is 35.9 Å². The molecule has 4 amide bonds. The van der Waals surface area contributed by atoms with Crippen molar-refractivity contribution in [1.29, 1.82) is 0 Å². The molecule has 16 heteroatoms. The first-order chi connectivity index (χ1) is 18.1. The van der Waals surface area contributed by atoms with E-state index < -0.39 is 53.8 Å². The van der Waals surface area contributed by atoms with Crippen molar-refractivity contribution in [3.05, 3.63) is 36.4 Å². The van der Waals surface area contributed by atoms with Crippen LogP contribution in [0.15, 0.2) is 25.0 Å². The number of aromatic amines is 2. The molecule has 0 aromatic carbocycles. The fraction of sp³-hybridized carbons (Fsp3) is 0.500. The number of carbonyl (C=O) groups is 5. The first-order valence-electron chi connectivity index (χ1n) is 11.7. The van der Waals surface area contributed by atoms with E-state index in [4.69, 9.17) is 11.5 Å². The summed E-state index contributed by atoms with van der Waals surface area (Å²) in [7, 11) is 0. The van der Waals surface area contributed by atoms with Crippen molar-refractivity contribution in [2.75, 3.05) is 12.0 Å². The average Bonchev–Trinajstić information content (AvgIpc) is 3.57. The van der Waals surface area contributed by atoms with E-state index in [1.165, 1.54) is 36.8 Å². The number of hydrogen-bond acceptors (Lipinski definition) is 9. The third kappa shape index (κ3) is 10.2. The fourth-order valence-corrected chi connectivity index (χ4v) is 3.90. The minimum Gasteiger partial charge on any atom is -0.480 e. The van der Waals surface area contributed by atoms with Crippen LogP contribution in [0.5, 0.6) is 0 Å². The van der Waals surface area contributed by atoms with Crippen molar-refractivity contribution < 1.29 is 29.1 Å². The molecule has 0 spiro atoms. The largest absolute Gasteiger partial charge is 0.480 e. The van der Waals surface area contributed by atoms with Crippen LogP contribution in [0.2, 0.25) is 0 Å². The Hall–Kier alpha value is -3.92. The van der Waals surface area contributed by atoms with E-state index in [9.17, 15) is 29.1 Å². The van der Waals surface area contributed by atoms with Gasteiger partial charge in [-0.2, -0.15) is 11.8 Å². The highest BCUT2D eigenvalue weighted by molar-refractivity contribution is 7.98. The van der Waals surface area contributed by atoms with Crippen molar-refractivity contribution in [3.8, 4) is 0 Å². The van der Waals surface area contributed by atoms with Crippen LogP contribution in [0.3, 0.4) is 0 Å². The average molecular weight is 552 g/mol. The first kappa shape index (κ1) is 30.3. The Labute approximate surface area is 222 Å². The van der Waals surface area contributed by atoms with Crippen LogP contribution in [0, 0.1) is 0 Å². The lowest BCUT2D eigenvalue weighted by atomic mass is 10.1. The monoisotopic (exact) mass is 551 g/mol. The fourth-order valence-electron chi connectivity index (χ4n) is 3.43. The van der Waals surface area contributed by atoms with Crippen LogP contribution in [0.25, 0.3) is 0 Å². The summed E-state index contributed by atoms with van der Waals surface area (Å²) < 4.78 is 0. The molecule has 0 fully saturated rings. The second-order valence-corrected chi connectivity index (χ2v) is 9.46. The number of thioether (sulfide) groups is 1. The summed E-state index contributed by atoms with van der Waals surface area (Å²) in [5.74, 6) is -3.59. The summed E-state index contributed by atoms with van der Waals surface area (Å²) in [6.45, 7) is 0. The molecule has 2 rings (SSSR count). The number of H-pyrrole nitrogens is 2. The lowest BCUT2D eigenvalue weighted by Crippen LogP contribution is -2.57. The normalized spacial score (nSPS) is 14.1. The van der Waals surface area contributed by atoms with Gasteiger partial charge in [0.2, 0.25) is 23.6 Å². The summed E-state index contributed by atoms with van der Waals surface area (Å²) in [6, 6.07) is -4.62. The number of carboxylic acids is 1. The Balaban J connectivity index is 2.11. The summed E-state index contributed by atoms with van der Waals surface area (Å²) in [4.78, 5) is 75.2. The van der Waals surface area contributed by atoms with Gasteiger partial charge in [0.1, 0.15) is 18.1 Å². The number of carbonyl (C=O) groups excluding carboxylic acids is 4. The Bertz CT molecular complexity index is 1060. The Morgan fingerprint density at radius 2 is 1.42 bits per heavy atom. The zero-order chi connectivity index (χ0) is 28.1. The van der Waals surface area contributed by atoms with Crippen LogP contribution >= 0.6 is 11.8 Å². The van der Waals surface area contributed by atoms with E-state index >= 15 is 0 Å². The Morgan fingerprint density at radius 3 is 1.92 bits per heavy atom. The van der Waals surface area contributed by atoms with E-state index in [0.29, 0.717) is 17.1 Å². The number of rotatable bonds is 17. The molecule has 0 aliphatic heterocycles. The maximum atomic E-state index is 13.1. The zero-order valence-corrected chi connectivity index (χ0v) is 21.6. The lowest BCUT2D eigenvalue weighted by Gasteiger charge is -2.25. The second-order valence-electron chi connectivity index (χ2n) is 8.48. The number of nitrogens with zero attached hydrogens (tertiary/aromatic N) is 2. The third-order valence-corrected chi connectivity index (χ3v) is 6.12. The molecule has 2 aromatic rings. The van der Waals surface area contributed by atoms with Gasteiger partial charge in [-0.15, -0.1) is 0 Å². The SMILES string of the molecule is CSCCC(NC(=O)C(N)Cc1cnc[nH]1)C(=O)NC(CCC(N)=O)C(=O)NC(Cc1cnc[nH]1)C(=O)O. The van der Waals surface area contributed by atoms with Gasteiger partial charge in [0.05, 0.1) is 18.7 Å². The molecule has 4 unspecified atom stereocenters. The lowest BCUT2D eigenvalue weighted by molar-refractivity contribution is -0.142. The van der Waals surface area contributed by atoms with Gasteiger partial charge in [-0.05, 0) is 24.9 Å². The quantitative estimate of drug-likeness (QED) is 0.105. The maximum absolute atomic E-state index is 13.1. The molecule has 0 saturated heterocycles. The Morgan fingerprint density at radius 1 is 0.895 bits per heavy atom. The predicted molar refractivity (Wildman–Crippen MR) is 137 cm³/mol. The molecule has 0 radical (unpaired) electrons. The molecule has 2 heterocycles. The number of hydrogen-bond donors (Lipinski definition) is 8. The molecule has 0 saturated carbocycles. The Kier molecular flexibility index (Phi) is 12.2. The van der Waals surface area contributed by atoms with Crippen LogP contribution < -0.4 is 27.4 Å². The van der Waals surface area contributed by atoms with Crippen molar-refractivity contribution in [2.24, 2.45) is 11.5 Å². The number of nitrogens with two attached hydrogens (primary N) is 2. The van der Waals surface area contributed by atoms with Gasteiger partial charge < -0.3 is 42.5 Å². The summed E-state index contributed by atoms with van der Waals surface area (Å²) in [6.07, 6.45) is 7.50. The van der Waals surface area contributed by atoms with Gasteiger partial charge in [0, 0.05) is 43.0 Å². The molecule has 0 aliphatic rings. The number of aliphatic carboxylic acids is 1. The predicted octanol–water partition coefficient (Wildman–Crippen LogP) is -2.20. The van der Waals surface area contributed by atoms with Gasteiger partial charge in [-0.1, -0.05) is 0 Å². The highest BCUT2D eigenvalue weighted by atomic mass is 32.2. The summed E-state index contributed by atoms with van der Waals surface area (Å²) in [5.41, 5.74) is 12.3. The van der Waals surface area contributed by atoms with Gasteiger partial charge >= 0.3 is 5.97 Å². The number of primary amides is 1. The topological polar surface area (TPSA) is 251 Å². The smallest absolute Gasteiger partial charge is 0.326 e. The molecule has 0 aliphatic carbocycles. The van der Waals surface area contributed by atoms with Crippen LogP contribution in [0.1, 0.15) is 30.7 Å². The number of imidazole rings is 2. The van der Waals surface area contributed by atoms with E-state index in [1.807, 2.05) is 6.26 Å². The number of aromatic nitrogens is 4. The van der Waals surface area contributed by atoms with Gasteiger partial charge in [-0.25, -0.2) is 14.8 Å². The van der Waals surface area contributed by atoms with Crippen LogP contribution in [-0.4, -0.2) is 90.8 Å². The zero-order valence-electron chi connectivity index (χ0n) is 20.8. The molecule has 38 heavy (non-hydrogen) atoms. The minimum atomic E-state index is -1.33. The molecule has 10 N–H and O–H groups in total. The molecular formula is C22H33N9O6S. The standard InChI is InChI=1S/C22H33N9O6S/c1-38-5-4-16(29-19(33)14(23)6-12-8-25-10-27-12)21(35)30-15(2-3-18(24)32)20(34)31-17(22(36)37)7-13-9-26-11-28-13/h8-11,14-17H,2-7,23H2,1H3,(H2,24,32)(H,25,27)(H,26,28)(H,29,33)(H,30,35)(H,31,34)(H,36,37). The summed E-state index contributed by atoms with van der Waals surface area (Å²) in [5, 5.41) is 17.1. The minimum absolute atomic E-state index is 0.0851. The molecule has 4 atom stereocenters. The molecule has 208 valence electrons. The van der Waals surface area contributed by atoms with Crippen LogP contribution in [0.4, 0.5) is 0 Å². The van der Waals surface area contributed by atoms with E-state index in [1.54, 1.807) is 0 Å². The second kappa shape index (κ2) is 15.4. The molecule has 15 nitrogen and oxygen atoms in total. The summed E-state index contributed by atoms with van der Waals surface area (Å²) >= 11 is 1.45. The molecular weight excluding hydrogens is 518 g/mol. The highest BCUT2D eigenvalue weighted by Gasteiger charge is 2.30. The van der Waals surface area contributed by atoms with E-state index in [-0.39, 0.29) is 32.1 Å². The molecule has 0 bridgehead atoms. The van der Waals surface area contributed by atoms with Crippen molar-refractivity contribution in [3.63, 3.8) is 0 Å². The van der Waals surface area contributed by atoms with Gasteiger partial charge in [0.15, 0.2) is 0 Å². The van der Waals surface area contributed by atoms with Gasteiger partial charge in [0.25, 0.3) is 0 Å².